The molecule has 0 bridgehead atoms. The third kappa shape index (κ3) is 2.72. The van der Waals surface area contributed by atoms with Crippen LogP contribution in [0.4, 0.5) is 0 Å². The summed E-state index contributed by atoms with van der Waals surface area (Å²) < 4.78 is 26.6. The number of sulfonamides is 1. The van der Waals surface area contributed by atoms with Crippen LogP contribution in [0.1, 0.15) is 6.92 Å². The minimum atomic E-state index is -3.75. The first-order chi connectivity index (χ1) is 9.25. The lowest BCUT2D eigenvalue weighted by atomic mass is 9.99. The van der Waals surface area contributed by atoms with Gasteiger partial charge >= 0.3 is 5.97 Å². The third-order valence-electron chi connectivity index (χ3n) is 3.43. The van der Waals surface area contributed by atoms with Crippen LogP contribution in [0, 0.1) is 11.8 Å². The van der Waals surface area contributed by atoms with Crippen LogP contribution in [0.2, 0.25) is 5.02 Å². The largest absolute Gasteiger partial charge is 0.481 e. The molecule has 8 heteroatoms. The van der Waals surface area contributed by atoms with Gasteiger partial charge in [0.1, 0.15) is 0 Å². The molecule has 0 spiro atoms. The summed E-state index contributed by atoms with van der Waals surface area (Å²) in [5.74, 6) is -1.87. The highest BCUT2D eigenvalue weighted by Crippen LogP contribution is 2.34. The maximum absolute atomic E-state index is 12.6. The molecule has 2 atom stereocenters. The van der Waals surface area contributed by atoms with Gasteiger partial charge in [0.15, 0.2) is 0 Å². The van der Waals surface area contributed by atoms with E-state index in [-0.39, 0.29) is 23.9 Å². The Morgan fingerprint density at radius 1 is 1.45 bits per heavy atom. The molecule has 1 heterocycles. The zero-order chi connectivity index (χ0) is 15.1. The Balaban J connectivity index is 2.38. The number of carboxylic acid groups (broad SMARTS) is 1. The molecule has 1 fully saturated rings. The maximum atomic E-state index is 12.6. The first-order valence-corrected chi connectivity index (χ1v) is 8.53. The zero-order valence-electron chi connectivity index (χ0n) is 10.6. The highest BCUT2D eigenvalue weighted by atomic mass is 79.9. The molecule has 1 aromatic carbocycles. The first-order valence-electron chi connectivity index (χ1n) is 5.92. The van der Waals surface area contributed by atoms with Crippen molar-refractivity contribution in [3.8, 4) is 0 Å². The number of hydrogen-bond donors (Lipinski definition) is 1. The summed E-state index contributed by atoms with van der Waals surface area (Å²) in [7, 11) is -3.75. The van der Waals surface area contributed by atoms with Crippen LogP contribution < -0.4 is 0 Å². The molecule has 0 aliphatic carbocycles. The second kappa shape index (κ2) is 5.63. The van der Waals surface area contributed by atoms with Crippen molar-refractivity contribution in [1.29, 1.82) is 0 Å². The summed E-state index contributed by atoms with van der Waals surface area (Å²) in [6.07, 6.45) is 0. The number of rotatable bonds is 3. The summed E-state index contributed by atoms with van der Waals surface area (Å²) in [4.78, 5) is 11.1. The van der Waals surface area contributed by atoms with Gasteiger partial charge in [-0.2, -0.15) is 4.31 Å². The Morgan fingerprint density at radius 2 is 2.10 bits per heavy atom. The lowest BCUT2D eigenvalue weighted by Gasteiger charge is -2.17. The SMILES string of the molecule is C[C@@H]1CN(S(=O)(=O)c2cccc(Cl)c2Br)C[C@H]1C(=O)O. The number of halogens is 2. The van der Waals surface area contributed by atoms with E-state index in [9.17, 15) is 13.2 Å². The Morgan fingerprint density at radius 3 is 2.65 bits per heavy atom. The van der Waals surface area contributed by atoms with Crippen molar-refractivity contribution in [2.75, 3.05) is 13.1 Å². The molecule has 1 aromatic rings. The Kier molecular flexibility index (Phi) is 4.44. The van der Waals surface area contributed by atoms with E-state index in [1.807, 2.05) is 0 Å². The van der Waals surface area contributed by atoms with Crippen molar-refractivity contribution in [3.05, 3.63) is 27.7 Å². The lowest BCUT2D eigenvalue weighted by Crippen LogP contribution is -2.30. The van der Waals surface area contributed by atoms with Crippen molar-refractivity contribution < 1.29 is 18.3 Å². The fourth-order valence-corrected chi connectivity index (χ4v) is 5.02. The van der Waals surface area contributed by atoms with Crippen LogP contribution in [-0.2, 0) is 14.8 Å². The summed E-state index contributed by atoms with van der Waals surface area (Å²) in [6.45, 7) is 1.91. The second-order valence-corrected chi connectivity index (χ2v) is 7.90. The van der Waals surface area contributed by atoms with Gasteiger partial charge in [-0.15, -0.1) is 0 Å². The standard InChI is InChI=1S/C12H13BrClNO4S/c1-7-5-15(6-8(7)12(16)17)20(18,19)10-4-2-3-9(14)11(10)13/h2-4,7-8H,5-6H2,1H3,(H,16,17)/t7-,8-/m1/s1. The second-order valence-electron chi connectivity index (χ2n) is 4.80. The fraction of sp³-hybridized carbons (Fsp3) is 0.417. The quantitative estimate of drug-likeness (QED) is 0.871. The molecular formula is C12H13BrClNO4S. The number of benzene rings is 1. The molecule has 1 aliphatic heterocycles. The number of nitrogens with zero attached hydrogens (tertiary/aromatic N) is 1. The van der Waals surface area contributed by atoms with Gasteiger partial charge < -0.3 is 5.11 Å². The van der Waals surface area contributed by atoms with Crippen molar-refractivity contribution >= 4 is 43.5 Å². The molecule has 0 saturated carbocycles. The van der Waals surface area contributed by atoms with Crippen LogP contribution in [-0.4, -0.2) is 36.9 Å². The predicted octanol–water partition coefficient (Wildman–Crippen LogP) is 2.44. The van der Waals surface area contributed by atoms with Crippen LogP contribution >= 0.6 is 27.5 Å². The summed E-state index contributed by atoms with van der Waals surface area (Å²) >= 11 is 9.08. The van der Waals surface area contributed by atoms with E-state index in [0.717, 1.165) is 0 Å². The Bertz CT molecular complexity index is 649. The van der Waals surface area contributed by atoms with Gasteiger partial charge in [0.05, 0.1) is 20.3 Å². The number of carboxylic acids is 1. The van der Waals surface area contributed by atoms with Crippen molar-refractivity contribution in [1.82, 2.24) is 4.31 Å². The molecule has 1 saturated heterocycles. The number of hydrogen-bond acceptors (Lipinski definition) is 3. The number of carbonyl (C=O) groups is 1. The van der Waals surface area contributed by atoms with Gasteiger partial charge in [-0.1, -0.05) is 24.6 Å². The topological polar surface area (TPSA) is 74.7 Å². The summed E-state index contributed by atoms with van der Waals surface area (Å²) in [5.41, 5.74) is 0. The molecule has 0 unspecified atom stereocenters. The molecule has 20 heavy (non-hydrogen) atoms. The van der Waals surface area contributed by atoms with Gasteiger partial charge in [-0.05, 0) is 34.0 Å². The molecule has 1 N–H and O–H groups in total. The van der Waals surface area contributed by atoms with Crippen molar-refractivity contribution in [2.45, 2.75) is 11.8 Å². The molecule has 1 aliphatic rings. The van der Waals surface area contributed by atoms with Gasteiger partial charge in [-0.25, -0.2) is 8.42 Å². The molecule has 110 valence electrons. The minimum Gasteiger partial charge on any atom is -0.481 e. The molecular weight excluding hydrogens is 370 g/mol. The van der Waals surface area contributed by atoms with E-state index in [2.05, 4.69) is 15.9 Å². The molecule has 0 amide bonds. The number of aliphatic carboxylic acids is 1. The summed E-state index contributed by atoms with van der Waals surface area (Å²) in [5, 5.41) is 9.38. The van der Waals surface area contributed by atoms with Crippen LogP contribution in [0.25, 0.3) is 0 Å². The Hall–Kier alpha value is -0.630. The van der Waals surface area contributed by atoms with E-state index in [0.29, 0.717) is 9.50 Å². The lowest BCUT2D eigenvalue weighted by molar-refractivity contribution is -0.142. The molecule has 2 rings (SSSR count). The highest BCUT2D eigenvalue weighted by molar-refractivity contribution is 9.10. The third-order valence-corrected chi connectivity index (χ3v) is 6.96. The average Bonchev–Trinajstić information content (AvgIpc) is 2.75. The molecule has 0 aromatic heterocycles. The maximum Gasteiger partial charge on any atom is 0.308 e. The van der Waals surface area contributed by atoms with Crippen LogP contribution in [0.15, 0.2) is 27.6 Å². The predicted molar refractivity (Wildman–Crippen MR) is 78.2 cm³/mol. The van der Waals surface area contributed by atoms with Gasteiger partial charge in [0.2, 0.25) is 10.0 Å². The monoisotopic (exact) mass is 381 g/mol. The van der Waals surface area contributed by atoms with Crippen LogP contribution in [0.5, 0.6) is 0 Å². The van der Waals surface area contributed by atoms with E-state index >= 15 is 0 Å². The minimum absolute atomic E-state index is 0.0161. The van der Waals surface area contributed by atoms with E-state index in [4.69, 9.17) is 16.7 Å². The van der Waals surface area contributed by atoms with E-state index in [1.165, 1.54) is 10.4 Å². The average molecular weight is 383 g/mol. The molecule has 0 radical (unpaired) electrons. The fourth-order valence-electron chi connectivity index (χ4n) is 2.26. The van der Waals surface area contributed by atoms with E-state index in [1.54, 1.807) is 19.1 Å². The Labute approximate surface area is 130 Å². The zero-order valence-corrected chi connectivity index (χ0v) is 13.7. The normalized spacial score (nSPS) is 23.9. The summed E-state index contributed by atoms with van der Waals surface area (Å²) in [6, 6.07) is 4.58. The van der Waals surface area contributed by atoms with Gasteiger partial charge in [0.25, 0.3) is 0 Å². The molecule has 5 nitrogen and oxygen atoms in total. The van der Waals surface area contributed by atoms with Crippen molar-refractivity contribution in [2.24, 2.45) is 11.8 Å². The highest BCUT2D eigenvalue weighted by Gasteiger charge is 2.41. The smallest absolute Gasteiger partial charge is 0.308 e. The van der Waals surface area contributed by atoms with Gasteiger partial charge in [0, 0.05) is 13.1 Å². The van der Waals surface area contributed by atoms with Crippen molar-refractivity contribution in [3.63, 3.8) is 0 Å². The van der Waals surface area contributed by atoms with Gasteiger partial charge in [-0.3, -0.25) is 4.79 Å². The van der Waals surface area contributed by atoms with E-state index < -0.39 is 21.9 Å². The first kappa shape index (κ1) is 15.8. The van der Waals surface area contributed by atoms with Crippen LogP contribution in [0.3, 0.4) is 0 Å².